The maximum atomic E-state index is 4.35. The fraction of sp³-hybridized carbons (Fsp3) is 0.167. The lowest BCUT2D eigenvalue weighted by Crippen LogP contribution is -2.11. The van der Waals surface area contributed by atoms with Crippen molar-refractivity contribution in [2.45, 2.75) is 0 Å². The van der Waals surface area contributed by atoms with Gasteiger partial charge in [-0.2, -0.15) is 0 Å². The molecule has 76 valence electrons. The Bertz CT molecular complexity index is 438. The summed E-state index contributed by atoms with van der Waals surface area (Å²) in [5.74, 6) is 0.963. The first-order valence-corrected chi connectivity index (χ1v) is 4.82. The summed E-state index contributed by atoms with van der Waals surface area (Å²) in [6.07, 6.45) is 5.43. The largest absolute Gasteiger partial charge is 0.362 e. The van der Waals surface area contributed by atoms with Crippen LogP contribution in [0.1, 0.15) is 0 Å². The van der Waals surface area contributed by atoms with Crippen LogP contribution in [0.2, 0.25) is 0 Å². The van der Waals surface area contributed by atoms with E-state index < -0.39 is 0 Å². The highest BCUT2D eigenvalue weighted by molar-refractivity contribution is 5.74. The Hall–Kier alpha value is -1.90. The van der Waals surface area contributed by atoms with E-state index in [2.05, 4.69) is 16.0 Å². The average molecular weight is 199 g/mol. The van der Waals surface area contributed by atoms with E-state index in [9.17, 15) is 0 Å². The summed E-state index contributed by atoms with van der Waals surface area (Å²) in [6.45, 7) is 0. The minimum Gasteiger partial charge on any atom is -0.362 e. The maximum Gasteiger partial charge on any atom is 0.135 e. The molecule has 0 spiro atoms. The van der Waals surface area contributed by atoms with Crippen molar-refractivity contribution >= 4 is 5.82 Å². The Morgan fingerprint density at radius 1 is 1.07 bits per heavy atom. The fourth-order valence-corrected chi connectivity index (χ4v) is 1.50. The van der Waals surface area contributed by atoms with E-state index in [-0.39, 0.29) is 0 Å². The number of hydrogen-bond donors (Lipinski definition) is 0. The van der Waals surface area contributed by atoms with E-state index >= 15 is 0 Å². The first-order chi connectivity index (χ1) is 7.29. The Morgan fingerprint density at radius 3 is 2.53 bits per heavy atom. The number of hydrogen-bond acceptors (Lipinski definition) is 3. The van der Waals surface area contributed by atoms with Gasteiger partial charge in [-0.1, -0.05) is 6.07 Å². The van der Waals surface area contributed by atoms with Gasteiger partial charge in [-0.25, -0.2) is 4.98 Å². The standard InChI is InChI=1S/C12H13N3/c1-15(2)12-11(6-4-8-14-12)10-5-3-7-13-9-10/h3-9H,1-2H3. The number of aromatic nitrogens is 2. The summed E-state index contributed by atoms with van der Waals surface area (Å²) < 4.78 is 0. The summed E-state index contributed by atoms with van der Waals surface area (Å²) in [5, 5.41) is 0. The van der Waals surface area contributed by atoms with Gasteiger partial charge in [0, 0.05) is 43.8 Å². The van der Waals surface area contributed by atoms with Gasteiger partial charge in [0.25, 0.3) is 0 Å². The summed E-state index contributed by atoms with van der Waals surface area (Å²) in [5.41, 5.74) is 2.20. The van der Waals surface area contributed by atoms with Crippen molar-refractivity contribution in [1.29, 1.82) is 0 Å². The van der Waals surface area contributed by atoms with Crippen LogP contribution in [0.5, 0.6) is 0 Å². The molecule has 0 saturated heterocycles. The van der Waals surface area contributed by atoms with E-state index in [0.717, 1.165) is 16.9 Å². The van der Waals surface area contributed by atoms with Gasteiger partial charge < -0.3 is 4.90 Å². The molecule has 15 heavy (non-hydrogen) atoms. The predicted octanol–water partition coefficient (Wildman–Crippen LogP) is 2.21. The second-order valence-electron chi connectivity index (χ2n) is 3.51. The highest BCUT2D eigenvalue weighted by Gasteiger charge is 2.06. The van der Waals surface area contributed by atoms with E-state index in [0.29, 0.717) is 0 Å². The molecule has 3 nitrogen and oxygen atoms in total. The van der Waals surface area contributed by atoms with Crippen LogP contribution in [0.15, 0.2) is 42.9 Å². The van der Waals surface area contributed by atoms with E-state index in [1.54, 1.807) is 12.4 Å². The van der Waals surface area contributed by atoms with E-state index in [1.165, 1.54) is 0 Å². The summed E-state index contributed by atoms with van der Waals surface area (Å²) in [7, 11) is 3.98. The van der Waals surface area contributed by atoms with Crippen LogP contribution >= 0.6 is 0 Å². The third-order valence-corrected chi connectivity index (χ3v) is 2.18. The molecular weight excluding hydrogens is 186 g/mol. The first kappa shape index (κ1) is 9.65. The normalized spacial score (nSPS) is 10.0. The van der Waals surface area contributed by atoms with Gasteiger partial charge in [0.1, 0.15) is 5.82 Å². The summed E-state index contributed by atoms with van der Waals surface area (Å²) in [4.78, 5) is 10.5. The monoisotopic (exact) mass is 199 g/mol. The van der Waals surface area contributed by atoms with Gasteiger partial charge >= 0.3 is 0 Å². The molecule has 2 aromatic rings. The van der Waals surface area contributed by atoms with Crippen molar-refractivity contribution in [3.63, 3.8) is 0 Å². The van der Waals surface area contributed by atoms with Gasteiger partial charge in [-0.3, -0.25) is 4.98 Å². The highest BCUT2D eigenvalue weighted by atomic mass is 15.1. The molecule has 0 unspecified atom stereocenters. The Morgan fingerprint density at radius 2 is 1.87 bits per heavy atom. The number of nitrogens with zero attached hydrogens (tertiary/aromatic N) is 3. The van der Waals surface area contributed by atoms with Gasteiger partial charge in [-0.05, 0) is 18.2 Å². The molecule has 3 heteroatoms. The van der Waals surface area contributed by atoms with E-state index in [4.69, 9.17) is 0 Å². The molecule has 0 radical (unpaired) electrons. The van der Waals surface area contributed by atoms with Crippen molar-refractivity contribution in [1.82, 2.24) is 9.97 Å². The lowest BCUT2D eigenvalue weighted by atomic mass is 10.1. The molecule has 2 heterocycles. The van der Waals surface area contributed by atoms with Crippen LogP contribution in [-0.4, -0.2) is 24.1 Å². The SMILES string of the molecule is CN(C)c1ncccc1-c1cccnc1. The molecule has 0 saturated carbocycles. The minimum absolute atomic E-state index is 0.963. The van der Waals surface area contributed by atoms with Crippen molar-refractivity contribution in [3.05, 3.63) is 42.9 Å². The third kappa shape index (κ3) is 1.96. The molecule has 0 aliphatic carbocycles. The van der Waals surface area contributed by atoms with Crippen molar-refractivity contribution < 1.29 is 0 Å². The van der Waals surface area contributed by atoms with Gasteiger partial charge in [0.2, 0.25) is 0 Å². The van der Waals surface area contributed by atoms with Crippen molar-refractivity contribution in [2.24, 2.45) is 0 Å². The summed E-state index contributed by atoms with van der Waals surface area (Å²) >= 11 is 0. The number of pyridine rings is 2. The fourth-order valence-electron chi connectivity index (χ4n) is 1.50. The second-order valence-corrected chi connectivity index (χ2v) is 3.51. The quantitative estimate of drug-likeness (QED) is 0.742. The second kappa shape index (κ2) is 4.09. The molecule has 0 bridgehead atoms. The zero-order valence-electron chi connectivity index (χ0n) is 8.88. The number of anilines is 1. The molecule has 0 aliphatic rings. The van der Waals surface area contributed by atoms with Gasteiger partial charge in [0.15, 0.2) is 0 Å². The first-order valence-electron chi connectivity index (χ1n) is 4.82. The van der Waals surface area contributed by atoms with Crippen molar-refractivity contribution in [3.8, 4) is 11.1 Å². The van der Waals surface area contributed by atoms with Crippen LogP contribution in [0.4, 0.5) is 5.82 Å². The molecule has 0 atom stereocenters. The van der Waals surface area contributed by atoms with Crippen molar-refractivity contribution in [2.75, 3.05) is 19.0 Å². The van der Waals surface area contributed by atoms with E-state index in [1.807, 2.05) is 43.4 Å². The molecule has 0 aliphatic heterocycles. The lowest BCUT2D eigenvalue weighted by molar-refractivity contribution is 1.07. The molecule has 2 rings (SSSR count). The Labute approximate surface area is 89.4 Å². The van der Waals surface area contributed by atoms with Crippen LogP contribution in [-0.2, 0) is 0 Å². The molecule has 0 fully saturated rings. The lowest BCUT2D eigenvalue weighted by Gasteiger charge is -2.15. The Balaban J connectivity index is 2.53. The minimum atomic E-state index is 0.963. The zero-order valence-corrected chi connectivity index (χ0v) is 8.88. The third-order valence-electron chi connectivity index (χ3n) is 2.18. The zero-order chi connectivity index (χ0) is 10.7. The van der Waals surface area contributed by atoms with Gasteiger partial charge in [-0.15, -0.1) is 0 Å². The summed E-state index contributed by atoms with van der Waals surface area (Å²) in [6, 6.07) is 7.97. The predicted molar refractivity (Wildman–Crippen MR) is 61.8 cm³/mol. The molecular formula is C12H13N3. The highest BCUT2D eigenvalue weighted by Crippen LogP contribution is 2.26. The topological polar surface area (TPSA) is 29.0 Å². The smallest absolute Gasteiger partial charge is 0.135 e. The maximum absolute atomic E-state index is 4.35. The van der Waals surface area contributed by atoms with Crippen LogP contribution < -0.4 is 4.90 Å². The Kier molecular flexibility index (Phi) is 2.63. The number of rotatable bonds is 2. The van der Waals surface area contributed by atoms with Crippen LogP contribution in [0.25, 0.3) is 11.1 Å². The molecule has 0 amide bonds. The van der Waals surface area contributed by atoms with Gasteiger partial charge in [0.05, 0.1) is 0 Å². The van der Waals surface area contributed by atoms with Crippen LogP contribution in [0.3, 0.4) is 0 Å². The van der Waals surface area contributed by atoms with Crippen LogP contribution in [0, 0.1) is 0 Å². The molecule has 0 N–H and O–H groups in total. The average Bonchev–Trinajstić information content (AvgIpc) is 2.30. The molecule has 2 aromatic heterocycles. The molecule has 0 aromatic carbocycles.